The molecule has 1 N–H and O–H groups in total. The second-order valence-corrected chi connectivity index (χ2v) is 11.1. The SMILES string of the molecule is O=C(O)c1cc2c(s1)CCOC21CCN(CCC2CCS(=O)(=O)C2)CC1. The molecule has 2 saturated heterocycles. The highest BCUT2D eigenvalue weighted by Crippen LogP contribution is 2.44. The van der Waals surface area contributed by atoms with Crippen LogP contribution in [0.1, 0.15) is 45.8 Å². The van der Waals surface area contributed by atoms with Crippen LogP contribution in [0.3, 0.4) is 0 Å². The lowest BCUT2D eigenvalue weighted by Crippen LogP contribution is -2.46. The normalized spacial score (nSPS) is 27.5. The number of hydrogen-bond donors (Lipinski definition) is 1. The number of rotatable bonds is 4. The van der Waals surface area contributed by atoms with Crippen LogP contribution in [-0.2, 0) is 26.6 Å². The number of fused-ring (bicyclic) bond motifs is 2. The molecule has 1 unspecified atom stereocenters. The third-order valence-corrected chi connectivity index (χ3v) is 9.08. The van der Waals surface area contributed by atoms with Gasteiger partial charge in [0.1, 0.15) is 4.88 Å². The minimum atomic E-state index is -2.79. The summed E-state index contributed by atoms with van der Waals surface area (Å²) in [4.78, 5) is 15.3. The summed E-state index contributed by atoms with van der Waals surface area (Å²) in [7, 11) is -2.79. The van der Waals surface area contributed by atoms with Crippen LogP contribution in [0.4, 0.5) is 0 Å². The molecule has 6 nitrogen and oxygen atoms in total. The highest BCUT2D eigenvalue weighted by atomic mass is 32.2. The number of carboxylic acid groups (broad SMARTS) is 1. The summed E-state index contributed by atoms with van der Waals surface area (Å²) >= 11 is 1.39. The van der Waals surface area contributed by atoms with E-state index in [1.54, 1.807) is 0 Å². The van der Waals surface area contributed by atoms with Gasteiger partial charge in [-0.15, -0.1) is 11.3 Å². The largest absolute Gasteiger partial charge is 0.477 e. The monoisotopic (exact) mass is 399 g/mol. The van der Waals surface area contributed by atoms with Crippen molar-refractivity contribution in [3.05, 3.63) is 21.4 Å². The van der Waals surface area contributed by atoms with Crippen LogP contribution in [0.5, 0.6) is 0 Å². The van der Waals surface area contributed by atoms with Crippen molar-refractivity contribution < 1.29 is 23.1 Å². The number of nitrogens with zero attached hydrogens (tertiary/aromatic N) is 1. The molecule has 3 aliphatic heterocycles. The molecule has 4 heterocycles. The Hall–Kier alpha value is -0.960. The Bertz CT molecular complexity index is 793. The number of ether oxygens (including phenoxy) is 1. The maximum Gasteiger partial charge on any atom is 0.345 e. The van der Waals surface area contributed by atoms with Crippen LogP contribution in [0.2, 0.25) is 0 Å². The van der Waals surface area contributed by atoms with Gasteiger partial charge in [0.05, 0.1) is 23.7 Å². The van der Waals surface area contributed by atoms with Crippen molar-refractivity contribution in [2.45, 2.75) is 37.7 Å². The van der Waals surface area contributed by atoms with Gasteiger partial charge in [-0.3, -0.25) is 0 Å². The molecule has 4 rings (SSSR count). The lowest BCUT2D eigenvalue weighted by atomic mass is 9.82. The van der Waals surface area contributed by atoms with Crippen molar-refractivity contribution in [1.29, 1.82) is 0 Å². The molecular formula is C18H25NO5S2. The lowest BCUT2D eigenvalue weighted by molar-refractivity contribution is -0.0973. The molecular weight excluding hydrogens is 374 g/mol. The molecule has 144 valence electrons. The van der Waals surface area contributed by atoms with Crippen molar-refractivity contribution in [3.63, 3.8) is 0 Å². The Balaban J connectivity index is 1.37. The quantitative estimate of drug-likeness (QED) is 0.835. The molecule has 0 aliphatic carbocycles. The topological polar surface area (TPSA) is 83.9 Å². The highest BCUT2D eigenvalue weighted by molar-refractivity contribution is 7.91. The van der Waals surface area contributed by atoms with Gasteiger partial charge in [0, 0.05) is 24.4 Å². The van der Waals surface area contributed by atoms with Crippen molar-refractivity contribution >= 4 is 27.1 Å². The van der Waals surface area contributed by atoms with Crippen LogP contribution in [0.25, 0.3) is 0 Å². The first kappa shape index (κ1) is 18.4. The van der Waals surface area contributed by atoms with E-state index in [0.717, 1.165) is 57.3 Å². The van der Waals surface area contributed by atoms with Gasteiger partial charge in [0.2, 0.25) is 0 Å². The van der Waals surface area contributed by atoms with E-state index in [1.807, 2.05) is 6.07 Å². The smallest absolute Gasteiger partial charge is 0.345 e. The first-order valence-electron chi connectivity index (χ1n) is 9.30. The summed E-state index contributed by atoms with van der Waals surface area (Å²) in [5, 5.41) is 9.29. The van der Waals surface area contributed by atoms with E-state index >= 15 is 0 Å². The fourth-order valence-corrected chi connectivity index (χ4v) is 7.52. The predicted octanol–water partition coefficient (Wildman–Crippen LogP) is 2.13. The number of aromatic carboxylic acids is 1. The third kappa shape index (κ3) is 3.56. The van der Waals surface area contributed by atoms with E-state index in [1.165, 1.54) is 16.2 Å². The summed E-state index contributed by atoms with van der Waals surface area (Å²) in [6.45, 7) is 3.42. The molecule has 0 saturated carbocycles. The molecule has 1 aromatic rings. The van der Waals surface area contributed by atoms with Gasteiger partial charge >= 0.3 is 5.97 Å². The van der Waals surface area contributed by atoms with Crippen molar-refractivity contribution in [2.24, 2.45) is 5.92 Å². The summed E-state index contributed by atoms with van der Waals surface area (Å²) in [6, 6.07) is 1.82. The Kier molecular flexibility index (Phi) is 4.88. The Labute approximate surface area is 158 Å². The van der Waals surface area contributed by atoms with Crippen LogP contribution in [0.15, 0.2) is 6.07 Å². The van der Waals surface area contributed by atoms with Crippen molar-refractivity contribution in [2.75, 3.05) is 37.7 Å². The fraction of sp³-hybridized carbons (Fsp3) is 0.722. The van der Waals surface area contributed by atoms with E-state index in [4.69, 9.17) is 4.74 Å². The zero-order chi connectivity index (χ0) is 18.4. The second-order valence-electron chi connectivity index (χ2n) is 7.74. The molecule has 1 aromatic heterocycles. The number of piperidine rings is 1. The summed E-state index contributed by atoms with van der Waals surface area (Å²) < 4.78 is 29.4. The minimum absolute atomic E-state index is 0.309. The number of carboxylic acids is 1. The molecule has 0 radical (unpaired) electrons. The van der Waals surface area contributed by atoms with Gasteiger partial charge < -0.3 is 14.7 Å². The molecule has 0 bridgehead atoms. The average molecular weight is 400 g/mol. The zero-order valence-corrected chi connectivity index (χ0v) is 16.4. The van der Waals surface area contributed by atoms with Gasteiger partial charge in [-0.2, -0.15) is 0 Å². The zero-order valence-electron chi connectivity index (χ0n) is 14.8. The number of sulfone groups is 1. The summed E-state index contributed by atoms with van der Waals surface area (Å²) in [6.07, 6.45) is 4.30. The standard InChI is InChI=1S/C18H25NO5S2/c20-17(21)16-11-14-15(25-16)2-9-24-18(14)4-7-19(8-5-18)6-1-13-3-10-26(22,23)12-13/h11,13H,1-10,12H2,(H,20,21). The fourth-order valence-electron chi connectivity index (χ4n) is 4.54. The number of thiophene rings is 1. The third-order valence-electron chi connectivity index (χ3n) is 6.06. The van der Waals surface area contributed by atoms with Crippen LogP contribution < -0.4 is 0 Å². The Morgan fingerprint density at radius 1 is 1.38 bits per heavy atom. The molecule has 0 amide bonds. The molecule has 2 fully saturated rings. The highest BCUT2D eigenvalue weighted by Gasteiger charge is 2.42. The molecule has 26 heavy (non-hydrogen) atoms. The first-order chi connectivity index (χ1) is 12.4. The van der Waals surface area contributed by atoms with Gasteiger partial charge in [0.25, 0.3) is 0 Å². The molecule has 0 aromatic carbocycles. The number of carbonyl (C=O) groups is 1. The lowest BCUT2D eigenvalue weighted by Gasteiger charge is -2.44. The molecule has 3 aliphatic rings. The van der Waals surface area contributed by atoms with E-state index in [9.17, 15) is 18.3 Å². The van der Waals surface area contributed by atoms with Crippen LogP contribution in [0, 0.1) is 5.92 Å². The first-order valence-corrected chi connectivity index (χ1v) is 11.9. The van der Waals surface area contributed by atoms with Gasteiger partial charge in [-0.25, -0.2) is 13.2 Å². The van der Waals surface area contributed by atoms with E-state index in [2.05, 4.69) is 4.90 Å². The van der Waals surface area contributed by atoms with E-state index in [-0.39, 0.29) is 5.60 Å². The molecule has 1 spiro atoms. The Morgan fingerprint density at radius 2 is 2.15 bits per heavy atom. The van der Waals surface area contributed by atoms with E-state index < -0.39 is 15.8 Å². The van der Waals surface area contributed by atoms with Crippen LogP contribution >= 0.6 is 11.3 Å². The van der Waals surface area contributed by atoms with Gasteiger partial charge in [-0.05, 0) is 49.8 Å². The Morgan fingerprint density at radius 3 is 2.81 bits per heavy atom. The minimum Gasteiger partial charge on any atom is -0.477 e. The number of likely N-dealkylation sites (tertiary alicyclic amines) is 1. The number of hydrogen-bond acceptors (Lipinski definition) is 6. The van der Waals surface area contributed by atoms with Crippen LogP contribution in [-0.4, -0.2) is 62.1 Å². The molecule has 8 heteroatoms. The van der Waals surface area contributed by atoms with Crippen molar-refractivity contribution in [1.82, 2.24) is 4.90 Å². The van der Waals surface area contributed by atoms with Crippen molar-refractivity contribution in [3.8, 4) is 0 Å². The summed E-state index contributed by atoms with van der Waals surface area (Å²) in [5.41, 5.74) is 0.762. The maximum absolute atomic E-state index is 11.6. The summed E-state index contributed by atoms with van der Waals surface area (Å²) in [5.74, 6) is 0.151. The predicted molar refractivity (Wildman–Crippen MR) is 99.7 cm³/mol. The van der Waals surface area contributed by atoms with E-state index in [0.29, 0.717) is 28.9 Å². The van der Waals surface area contributed by atoms with Gasteiger partial charge in [0.15, 0.2) is 9.84 Å². The maximum atomic E-state index is 11.6. The molecule has 1 atom stereocenters. The average Bonchev–Trinajstić information content (AvgIpc) is 3.19. The van der Waals surface area contributed by atoms with Gasteiger partial charge in [-0.1, -0.05) is 0 Å². The second kappa shape index (κ2) is 6.89.